The summed E-state index contributed by atoms with van der Waals surface area (Å²) >= 11 is 8.84. The molecule has 150 valence electrons. The van der Waals surface area contributed by atoms with Crippen molar-refractivity contribution in [1.82, 2.24) is 9.97 Å². The van der Waals surface area contributed by atoms with Gasteiger partial charge in [-0.05, 0) is 11.6 Å². The SMILES string of the molecule is O=C(CSc1ncnc2scc(-c3ccccc3)c12)Nc1cc([N+](=O)[O-])ccc1Cl. The third-order valence-corrected chi connectivity index (χ3v) is 6.40. The van der Waals surface area contributed by atoms with Gasteiger partial charge in [0.15, 0.2) is 0 Å². The lowest BCUT2D eigenvalue weighted by atomic mass is 10.1. The van der Waals surface area contributed by atoms with Crippen LogP contribution in [0.1, 0.15) is 0 Å². The number of nitro groups is 1. The fraction of sp³-hybridized carbons (Fsp3) is 0.0500. The van der Waals surface area contributed by atoms with Crippen LogP contribution in [0.5, 0.6) is 0 Å². The predicted octanol–water partition coefficient (Wildman–Crippen LogP) is 5.65. The lowest BCUT2D eigenvalue weighted by Gasteiger charge is -2.08. The molecule has 0 bridgehead atoms. The van der Waals surface area contributed by atoms with Crippen LogP contribution in [-0.4, -0.2) is 26.6 Å². The molecule has 0 spiro atoms. The lowest BCUT2D eigenvalue weighted by molar-refractivity contribution is -0.384. The molecule has 2 aromatic heterocycles. The van der Waals surface area contributed by atoms with Crippen LogP contribution in [-0.2, 0) is 4.79 Å². The highest BCUT2D eigenvalue weighted by atomic mass is 35.5. The summed E-state index contributed by atoms with van der Waals surface area (Å²) in [6.07, 6.45) is 1.48. The molecule has 0 saturated heterocycles. The number of hydrogen-bond acceptors (Lipinski definition) is 7. The van der Waals surface area contributed by atoms with Crippen LogP contribution in [0.3, 0.4) is 0 Å². The Morgan fingerprint density at radius 1 is 1.20 bits per heavy atom. The molecule has 1 N–H and O–H groups in total. The van der Waals surface area contributed by atoms with E-state index in [-0.39, 0.29) is 28.1 Å². The van der Waals surface area contributed by atoms with Crippen molar-refractivity contribution < 1.29 is 9.72 Å². The Labute approximate surface area is 184 Å². The molecule has 0 radical (unpaired) electrons. The minimum Gasteiger partial charge on any atom is -0.324 e. The molecule has 7 nitrogen and oxygen atoms in total. The van der Waals surface area contributed by atoms with Gasteiger partial charge in [-0.25, -0.2) is 9.97 Å². The summed E-state index contributed by atoms with van der Waals surface area (Å²) in [5.74, 6) is -0.277. The molecule has 1 amide bonds. The van der Waals surface area contributed by atoms with E-state index >= 15 is 0 Å². The van der Waals surface area contributed by atoms with E-state index in [4.69, 9.17) is 11.6 Å². The van der Waals surface area contributed by atoms with E-state index in [1.54, 1.807) is 0 Å². The molecular weight excluding hydrogens is 444 g/mol. The number of fused-ring (bicyclic) bond motifs is 1. The molecule has 2 aromatic carbocycles. The Morgan fingerprint density at radius 3 is 2.77 bits per heavy atom. The maximum atomic E-state index is 12.4. The Hall–Kier alpha value is -3.01. The number of hydrogen-bond donors (Lipinski definition) is 1. The maximum Gasteiger partial charge on any atom is 0.271 e. The average Bonchev–Trinajstić information content (AvgIpc) is 3.19. The minimum absolute atomic E-state index is 0.0647. The maximum absolute atomic E-state index is 12.4. The molecule has 4 rings (SSSR count). The molecule has 0 fully saturated rings. The fourth-order valence-corrected chi connectivity index (χ4v) is 4.79. The number of aromatic nitrogens is 2. The van der Waals surface area contributed by atoms with Gasteiger partial charge < -0.3 is 5.32 Å². The lowest BCUT2D eigenvalue weighted by Crippen LogP contribution is -2.14. The van der Waals surface area contributed by atoms with Crippen molar-refractivity contribution in [3.05, 3.63) is 75.4 Å². The van der Waals surface area contributed by atoms with E-state index in [9.17, 15) is 14.9 Å². The number of halogens is 1. The number of carbonyl (C=O) groups excluding carboxylic acids is 1. The Morgan fingerprint density at radius 2 is 2.00 bits per heavy atom. The molecule has 0 aliphatic rings. The molecule has 0 atom stereocenters. The quantitative estimate of drug-likeness (QED) is 0.174. The van der Waals surface area contributed by atoms with E-state index < -0.39 is 4.92 Å². The van der Waals surface area contributed by atoms with Gasteiger partial charge in [0.1, 0.15) is 16.2 Å². The van der Waals surface area contributed by atoms with E-state index in [0.29, 0.717) is 5.03 Å². The number of carbonyl (C=O) groups is 1. The molecule has 2 heterocycles. The van der Waals surface area contributed by atoms with Crippen molar-refractivity contribution in [2.45, 2.75) is 5.03 Å². The monoisotopic (exact) mass is 456 g/mol. The van der Waals surface area contributed by atoms with Crippen molar-refractivity contribution in [3.63, 3.8) is 0 Å². The zero-order valence-corrected chi connectivity index (χ0v) is 17.6. The molecule has 10 heteroatoms. The highest BCUT2D eigenvalue weighted by Crippen LogP contribution is 2.37. The second kappa shape index (κ2) is 8.78. The van der Waals surface area contributed by atoms with Crippen molar-refractivity contribution in [2.24, 2.45) is 0 Å². The number of amides is 1. The van der Waals surface area contributed by atoms with Gasteiger partial charge in [0, 0.05) is 23.1 Å². The third-order valence-electron chi connectivity index (χ3n) is 4.20. The second-order valence-electron chi connectivity index (χ2n) is 6.13. The summed E-state index contributed by atoms with van der Waals surface area (Å²) < 4.78 is 0. The summed E-state index contributed by atoms with van der Waals surface area (Å²) in [6.45, 7) is 0. The topological polar surface area (TPSA) is 98.0 Å². The fourth-order valence-electron chi connectivity index (χ4n) is 2.83. The van der Waals surface area contributed by atoms with E-state index in [2.05, 4.69) is 15.3 Å². The number of benzene rings is 2. The number of rotatable bonds is 6. The summed E-state index contributed by atoms with van der Waals surface area (Å²) in [7, 11) is 0. The first-order valence-electron chi connectivity index (χ1n) is 8.67. The third kappa shape index (κ3) is 4.28. The summed E-state index contributed by atoms with van der Waals surface area (Å²) in [6, 6.07) is 13.8. The van der Waals surface area contributed by atoms with Gasteiger partial charge in [0.25, 0.3) is 5.69 Å². The predicted molar refractivity (Wildman–Crippen MR) is 120 cm³/mol. The number of nitro benzene ring substituents is 1. The summed E-state index contributed by atoms with van der Waals surface area (Å²) in [5.41, 5.74) is 2.12. The highest BCUT2D eigenvalue weighted by Gasteiger charge is 2.16. The number of non-ortho nitro benzene ring substituents is 1. The van der Waals surface area contributed by atoms with E-state index in [1.165, 1.54) is 47.6 Å². The first kappa shape index (κ1) is 20.3. The molecular formula is C20H13ClN4O3S2. The van der Waals surface area contributed by atoms with Crippen molar-refractivity contribution in [1.29, 1.82) is 0 Å². The van der Waals surface area contributed by atoms with Crippen molar-refractivity contribution >= 4 is 62.2 Å². The standard InChI is InChI=1S/C20H13ClN4O3S2/c21-15-7-6-13(25(27)28)8-16(15)24-17(26)10-30-20-18-14(12-4-2-1-3-5-12)9-29-19(18)22-11-23-20/h1-9,11H,10H2,(H,24,26). The first-order chi connectivity index (χ1) is 14.5. The van der Waals surface area contributed by atoms with Crippen LogP contribution in [0.25, 0.3) is 21.3 Å². The average molecular weight is 457 g/mol. The van der Waals surface area contributed by atoms with Crippen LogP contribution in [0.15, 0.2) is 65.3 Å². The van der Waals surface area contributed by atoms with Crippen LogP contribution in [0.2, 0.25) is 5.02 Å². The molecule has 0 saturated carbocycles. The number of thiophene rings is 1. The van der Waals surface area contributed by atoms with Gasteiger partial charge in [-0.1, -0.05) is 53.7 Å². The molecule has 0 unspecified atom stereocenters. The largest absolute Gasteiger partial charge is 0.324 e. The molecule has 4 aromatic rings. The van der Waals surface area contributed by atoms with Gasteiger partial charge in [0.05, 0.1) is 26.8 Å². The Balaban J connectivity index is 1.54. The minimum atomic E-state index is -0.542. The first-order valence-corrected chi connectivity index (χ1v) is 10.9. The zero-order valence-electron chi connectivity index (χ0n) is 15.2. The Kier molecular flexibility index (Phi) is 5.93. The van der Waals surface area contributed by atoms with Gasteiger partial charge in [-0.3, -0.25) is 14.9 Å². The van der Waals surface area contributed by atoms with E-state index in [0.717, 1.165) is 21.3 Å². The van der Waals surface area contributed by atoms with Crippen LogP contribution in [0, 0.1) is 10.1 Å². The molecule has 0 aliphatic heterocycles. The summed E-state index contributed by atoms with van der Waals surface area (Å²) in [4.78, 5) is 32.4. The van der Waals surface area contributed by atoms with Gasteiger partial charge in [-0.2, -0.15) is 0 Å². The molecule has 30 heavy (non-hydrogen) atoms. The highest BCUT2D eigenvalue weighted by molar-refractivity contribution is 8.00. The smallest absolute Gasteiger partial charge is 0.271 e. The molecule has 0 aliphatic carbocycles. The van der Waals surface area contributed by atoms with Crippen LogP contribution >= 0.6 is 34.7 Å². The van der Waals surface area contributed by atoms with Crippen molar-refractivity contribution in [3.8, 4) is 11.1 Å². The van der Waals surface area contributed by atoms with Gasteiger partial charge in [-0.15, -0.1) is 11.3 Å². The van der Waals surface area contributed by atoms with Gasteiger partial charge >= 0.3 is 0 Å². The second-order valence-corrected chi connectivity index (χ2v) is 8.36. The number of nitrogens with zero attached hydrogens (tertiary/aromatic N) is 3. The van der Waals surface area contributed by atoms with Crippen LogP contribution < -0.4 is 5.32 Å². The van der Waals surface area contributed by atoms with Gasteiger partial charge in [0.2, 0.25) is 5.91 Å². The normalized spacial score (nSPS) is 10.8. The number of thioether (sulfide) groups is 1. The summed E-state index contributed by atoms with van der Waals surface area (Å²) in [5, 5.41) is 17.4. The number of anilines is 1. The van der Waals surface area contributed by atoms with Crippen molar-refractivity contribution in [2.75, 3.05) is 11.1 Å². The van der Waals surface area contributed by atoms with E-state index in [1.807, 2.05) is 35.7 Å². The number of nitrogens with one attached hydrogen (secondary N) is 1. The zero-order chi connectivity index (χ0) is 21.1. The Bertz CT molecular complexity index is 1250. The van der Waals surface area contributed by atoms with Crippen LogP contribution in [0.4, 0.5) is 11.4 Å².